The second-order valence-corrected chi connectivity index (χ2v) is 9.00. The molecule has 2 aliphatic heterocycles. The van der Waals surface area contributed by atoms with Crippen LogP contribution in [-0.4, -0.2) is 34.2 Å². The van der Waals surface area contributed by atoms with Crippen molar-refractivity contribution in [3.05, 3.63) is 87.1 Å². The van der Waals surface area contributed by atoms with Gasteiger partial charge in [-0.25, -0.2) is 0 Å². The van der Waals surface area contributed by atoms with Gasteiger partial charge in [-0.2, -0.15) is 0 Å². The standard InChI is InChI=1S/C27H24N2O6/c1-15-10-22(30)26(32)27(35-15)19(16-6-7-23-24(11-16)34-14-33-23)12-25(31)29-9-8-18-17-4-2-3-5-20(17)28-21(18)13-29/h2-7,10-11,19,28,32H,8-9,12-14H2,1H3/t19-/m0/s1. The number of aromatic hydroxyl groups is 1. The first-order valence-corrected chi connectivity index (χ1v) is 11.6. The highest BCUT2D eigenvalue weighted by atomic mass is 16.7. The Labute approximate surface area is 200 Å². The van der Waals surface area contributed by atoms with Gasteiger partial charge in [0, 0.05) is 35.6 Å². The van der Waals surface area contributed by atoms with Gasteiger partial charge in [-0.1, -0.05) is 24.3 Å². The number of fused-ring (bicyclic) bond motifs is 4. The van der Waals surface area contributed by atoms with Gasteiger partial charge in [0.2, 0.25) is 23.9 Å². The van der Waals surface area contributed by atoms with Crippen molar-refractivity contribution in [1.82, 2.24) is 9.88 Å². The second-order valence-electron chi connectivity index (χ2n) is 9.00. The molecule has 0 aliphatic carbocycles. The van der Waals surface area contributed by atoms with Crippen LogP contribution < -0.4 is 14.9 Å². The van der Waals surface area contributed by atoms with E-state index in [4.69, 9.17) is 13.9 Å². The zero-order valence-corrected chi connectivity index (χ0v) is 19.2. The summed E-state index contributed by atoms with van der Waals surface area (Å²) < 4.78 is 16.7. The Bertz CT molecular complexity index is 1520. The molecule has 2 N–H and O–H groups in total. The van der Waals surface area contributed by atoms with Gasteiger partial charge in [0.25, 0.3) is 0 Å². The molecule has 0 spiro atoms. The normalized spacial score (nSPS) is 15.3. The zero-order chi connectivity index (χ0) is 24.1. The van der Waals surface area contributed by atoms with Crippen LogP contribution in [0.2, 0.25) is 0 Å². The fourth-order valence-corrected chi connectivity index (χ4v) is 5.06. The van der Waals surface area contributed by atoms with Gasteiger partial charge >= 0.3 is 0 Å². The maximum absolute atomic E-state index is 13.5. The SMILES string of the molecule is Cc1cc(=O)c(O)c([C@@H](CC(=O)N2CCc3c([nH]c4ccccc34)C2)c2ccc3c(c2)OCO3)o1. The topological polar surface area (TPSA) is 105 Å². The maximum Gasteiger partial charge on any atom is 0.231 e. The highest BCUT2D eigenvalue weighted by molar-refractivity contribution is 5.86. The molecule has 0 saturated heterocycles. The summed E-state index contributed by atoms with van der Waals surface area (Å²) in [5, 5.41) is 11.8. The lowest BCUT2D eigenvalue weighted by Crippen LogP contribution is -2.36. The molecule has 2 aromatic heterocycles. The van der Waals surface area contributed by atoms with E-state index in [1.807, 2.05) is 23.1 Å². The lowest BCUT2D eigenvalue weighted by Gasteiger charge is -2.29. The number of ether oxygens (including phenoxy) is 2. The van der Waals surface area contributed by atoms with Crippen molar-refractivity contribution in [3.63, 3.8) is 0 Å². The van der Waals surface area contributed by atoms with Crippen molar-refractivity contribution in [2.75, 3.05) is 13.3 Å². The van der Waals surface area contributed by atoms with E-state index in [1.165, 1.54) is 17.0 Å². The minimum Gasteiger partial charge on any atom is -0.502 e. The zero-order valence-electron chi connectivity index (χ0n) is 19.2. The molecule has 0 unspecified atom stereocenters. The van der Waals surface area contributed by atoms with Crippen LogP contribution >= 0.6 is 0 Å². The third-order valence-electron chi connectivity index (χ3n) is 6.80. The van der Waals surface area contributed by atoms with Gasteiger partial charge < -0.3 is 28.9 Å². The largest absolute Gasteiger partial charge is 0.502 e. The predicted octanol–water partition coefficient (Wildman–Crippen LogP) is 3.97. The predicted molar refractivity (Wildman–Crippen MR) is 128 cm³/mol. The molecule has 6 rings (SSSR count). The van der Waals surface area contributed by atoms with E-state index in [1.54, 1.807) is 25.1 Å². The van der Waals surface area contributed by atoms with Gasteiger partial charge in [0.15, 0.2) is 17.3 Å². The van der Waals surface area contributed by atoms with Crippen molar-refractivity contribution in [2.45, 2.75) is 32.2 Å². The van der Waals surface area contributed by atoms with Gasteiger partial charge in [-0.05, 0) is 42.7 Å². The van der Waals surface area contributed by atoms with E-state index < -0.39 is 17.1 Å². The Balaban J connectivity index is 1.34. The van der Waals surface area contributed by atoms with Gasteiger partial charge in [-0.15, -0.1) is 0 Å². The highest BCUT2D eigenvalue weighted by Gasteiger charge is 2.31. The molecule has 8 heteroatoms. The Morgan fingerprint density at radius 3 is 2.86 bits per heavy atom. The number of aryl methyl sites for hydroxylation is 1. The summed E-state index contributed by atoms with van der Waals surface area (Å²) in [7, 11) is 0. The smallest absolute Gasteiger partial charge is 0.231 e. The van der Waals surface area contributed by atoms with Crippen LogP contribution in [0.4, 0.5) is 0 Å². The summed E-state index contributed by atoms with van der Waals surface area (Å²) in [6, 6.07) is 14.7. The fraction of sp³-hybridized carbons (Fsp3) is 0.259. The lowest BCUT2D eigenvalue weighted by molar-refractivity contribution is -0.132. The lowest BCUT2D eigenvalue weighted by atomic mass is 9.90. The van der Waals surface area contributed by atoms with Crippen molar-refractivity contribution in [2.24, 2.45) is 0 Å². The van der Waals surface area contributed by atoms with E-state index in [9.17, 15) is 14.7 Å². The first kappa shape index (κ1) is 21.3. The number of nitrogens with one attached hydrogen (secondary N) is 1. The molecule has 8 nitrogen and oxygen atoms in total. The molecule has 4 aromatic rings. The highest BCUT2D eigenvalue weighted by Crippen LogP contribution is 2.40. The molecule has 4 heterocycles. The fourth-order valence-electron chi connectivity index (χ4n) is 5.06. The van der Waals surface area contributed by atoms with Crippen LogP contribution in [0.1, 0.15) is 40.7 Å². The van der Waals surface area contributed by atoms with Crippen LogP contribution in [0.15, 0.2) is 57.7 Å². The number of rotatable bonds is 4. The molecular weight excluding hydrogens is 448 g/mol. The summed E-state index contributed by atoms with van der Waals surface area (Å²) in [6.45, 7) is 2.82. The Morgan fingerprint density at radius 2 is 1.97 bits per heavy atom. The Morgan fingerprint density at radius 1 is 1.14 bits per heavy atom. The summed E-state index contributed by atoms with van der Waals surface area (Å²) in [5.41, 5.74) is 3.50. The van der Waals surface area contributed by atoms with Gasteiger partial charge in [0.1, 0.15) is 5.76 Å². The van der Waals surface area contributed by atoms with E-state index in [0.717, 1.165) is 17.6 Å². The number of H-pyrrole nitrogens is 1. The number of amides is 1. The molecule has 2 aromatic carbocycles. The molecule has 1 atom stereocenters. The number of aromatic amines is 1. The minimum absolute atomic E-state index is 0.0230. The summed E-state index contributed by atoms with van der Waals surface area (Å²) in [4.78, 5) is 31.1. The number of carbonyl (C=O) groups excluding carboxylic acids is 1. The van der Waals surface area contributed by atoms with Crippen LogP contribution in [-0.2, 0) is 17.8 Å². The van der Waals surface area contributed by atoms with Crippen molar-refractivity contribution < 1.29 is 23.8 Å². The van der Waals surface area contributed by atoms with Crippen LogP contribution in [0.5, 0.6) is 17.2 Å². The Kier molecular flexibility index (Phi) is 5.02. The summed E-state index contributed by atoms with van der Waals surface area (Å²) >= 11 is 0. The van der Waals surface area contributed by atoms with Crippen molar-refractivity contribution in [3.8, 4) is 17.2 Å². The maximum atomic E-state index is 13.5. The third-order valence-corrected chi connectivity index (χ3v) is 6.80. The first-order valence-electron chi connectivity index (χ1n) is 11.6. The number of nitrogens with zero attached hydrogens (tertiary/aromatic N) is 1. The molecule has 1 amide bonds. The van der Waals surface area contributed by atoms with Crippen molar-refractivity contribution >= 4 is 16.8 Å². The van der Waals surface area contributed by atoms with E-state index in [0.29, 0.717) is 35.9 Å². The van der Waals surface area contributed by atoms with E-state index in [-0.39, 0.29) is 24.9 Å². The van der Waals surface area contributed by atoms with E-state index >= 15 is 0 Å². The second kappa shape index (κ2) is 8.23. The number of carbonyl (C=O) groups is 1. The number of aromatic nitrogens is 1. The molecule has 178 valence electrons. The first-order chi connectivity index (χ1) is 17.0. The van der Waals surface area contributed by atoms with Gasteiger partial charge in [0.05, 0.1) is 12.5 Å². The van der Waals surface area contributed by atoms with Crippen molar-refractivity contribution in [1.29, 1.82) is 0 Å². The summed E-state index contributed by atoms with van der Waals surface area (Å²) in [6.07, 6.45) is 0.777. The molecule has 0 radical (unpaired) electrons. The van der Waals surface area contributed by atoms with Crippen LogP contribution in [0.3, 0.4) is 0 Å². The summed E-state index contributed by atoms with van der Waals surface area (Å²) in [5.74, 6) is 0.343. The van der Waals surface area contributed by atoms with E-state index in [2.05, 4.69) is 11.1 Å². The average Bonchev–Trinajstić information content (AvgIpc) is 3.48. The minimum atomic E-state index is -0.672. The monoisotopic (exact) mass is 472 g/mol. The quantitative estimate of drug-likeness (QED) is 0.466. The molecule has 35 heavy (non-hydrogen) atoms. The van der Waals surface area contributed by atoms with Gasteiger partial charge in [-0.3, -0.25) is 9.59 Å². The molecular formula is C27H24N2O6. The number of para-hydroxylation sites is 1. The molecule has 0 fully saturated rings. The molecule has 0 saturated carbocycles. The molecule has 0 bridgehead atoms. The average molecular weight is 472 g/mol. The molecule has 2 aliphatic rings. The third kappa shape index (κ3) is 3.71. The Hall–Kier alpha value is -4.20. The van der Waals surface area contributed by atoms with Crippen LogP contribution in [0.25, 0.3) is 10.9 Å². The number of benzene rings is 2. The van der Waals surface area contributed by atoms with Crippen LogP contribution in [0, 0.1) is 6.92 Å². The number of hydrogen-bond acceptors (Lipinski definition) is 6. The number of hydrogen-bond donors (Lipinski definition) is 2.